The Balaban J connectivity index is 2.75. The summed E-state index contributed by atoms with van der Waals surface area (Å²) < 4.78 is 11.2. The molecule has 0 bridgehead atoms. The van der Waals surface area contributed by atoms with Gasteiger partial charge in [-0.2, -0.15) is 0 Å². The van der Waals surface area contributed by atoms with Crippen molar-refractivity contribution in [2.45, 2.75) is 26.8 Å². The molecule has 5 heteroatoms. The minimum absolute atomic E-state index is 0.105. The van der Waals surface area contributed by atoms with Crippen molar-refractivity contribution in [3.8, 4) is 11.5 Å². The predicted octanol–water partition coefficient (Wildman–Crippen LogP) is 2.78. The van der Waals surface area contributed by atoms with E-state index in [1.807, 2.05) is 64.0 Å². The van der Waals surface area contributed by atoms with Gasteiger partial charge in [-0.3, -0.25) is 4.79 Å². The average molecular weight is 320 g/mol. The lowest BCUT2D eigenvalue weighted by Crippen LogP contribution is -2.25. The van der Waals surface area contributed by atoms with Crippen LogP contribution >= 0.6 is 0 Å². The monoisotopic (exact) mass is 320 g/mol. The molecule has 0 aliphatic heterocycles. The zero-order valence-electron chi connectivity index (χ0n) is 14.8. The lowest BCUT2D eigenvalue weighted by molar-refractivity contribution is -0.117. The normalized spacial score (nSPS) is 12.4. The Hall–Kier alpha value is -2.01. The van der Waals surface area contributed by atoms with Gasteiger partial charge in [0.25, 0.3) is 0 Å². The summed E-state index contributed by atoms with van der Waals surface area (Å²) in [6.45, 7) is 7.71. The molecule has 1 rings (SSSR count). The van der Waals surface area contributed by atoms with Crippen molar-refractivity contribution in [3.63, 3.8) is 0 Å². The molecule has 1 amide bonds. The first-order valence-corrected chi connectivity index (χ1v) is 7.99. The molecule has 0 aromatic heterocycles. The quantitative estimate of drug-likeness (QED) is 0.711. The molecule has 1 aromatic rings. The lowest BCUT2D eigenvalue weighted by atomic mass is 10.1. The van der Waals surface area contributed by atoms with Crippen molar-refractivity contribution in [2.24, 2.45) is 0 Å². The first-order valence-electron chi connectivity index (χ1n) is 7.99. The second-order valence-corrected chi connectivity index (χ2v) is 5.47. The van der Waals surface area contributed by atoms with Gasteiger partial charge in [-0.05, 0) is 52.6 Å². The zero-order chi connectivity index (χ0) is 17.2. The highest BCUT2D eigenvalue weighted by atomic mass is 16.5. The Labute approximate surface area is 139 Å². The van der Waals surface area contributed by atoms with Crippen molar-refractivity contribution in [1.29, 1.82) is 0 Å². The number of carbonyl (C=O) groups excluding carboxylic acids is 1. The van der Waals surface area contributed by atoms with Crippen LogP contribution in [-0.2, 0) is 4.79 Å². The number of nitrogens with one attached hydrogen (secondary N) is 1. The maximum Gasteiger partial charge on any atom is 0.244 e. The first-order chi connectivity index (χ1) is 11.0. The maximum atomic E-state index is 11.9. The molecule has 0 aliphatic rings. The van der Waals surface area contributed by atoms with Crippen LogP contribution in [0.15, 0.2) is 30.4 Å². The van der Waals surface area contributed by atoms with Crippen molar-refractivity contribution < 1.29 is 14.3 Å². The van der Waals surface area contributed by atoms with Crippen LogP contribution in [-0.4, -0.2) is 44.7 Å². The van der Waals surface area contributed by atoms with Crippen molar-refractivity contribution >= 4 is 5.91 Å². The van der Waals surface area contributed by atoms with Crippen molar-refractivity contribution in [3.05, 3.63) is 35.9 Å². The van der Waals surface area contributed by atoms with Crippen molar-refractivity contribution in [2.75, 3.05) is 33.9 Å². The third kappa shape index (κ3) is 6.74. The van der Waals surface area contributed by atoms with Crippen LogP contribution in [0.3, 0.4) is 0 Å². The number of amides is 1. The summed E-state index contributed by atoms with van der Waals surface area (Å²) in [6.07, 6.45) is 3.40. The molecule has 23 heavy (non-hydrogen) atoms. The summed E-state index contributed by atoms with van der Waals surface area (Å²) in [7, 11) is 3.92. The van der Waals surface area contributed by atoms with E-state index in [9.17, 15) is 4.79 Å². The van der Waals surface area contributed by atoms with Gasteiger partial charge in [-0.25, -0.2) is 0 Å². The van der Waals surface area contributed by atoms with E-state index in [1.54, 1.807) is 6.08 Å². The molecule has 1 aromatic carbocycles. The predicted molar refractivity (Wildman–Crippen MR) is 93.0 cm³/mol. The SMILES string of the molecule is CCOc1ccc(C(C)NC(=O)/C=C/CN(C)C)cc1OCC. The molecule has 0 heterocycles. The number of rotatable bonds is 9. The number of hydrogen-bond acceptors (Lipinski definition) is 4. The molecular weight excluding hydrogens is 292 g/mol. The fourth-order valence-electron chi connectivity index (χ4n) is 2.05. The highest BCUT2D eigenvalue weighted by molar-refractivity contribution is 5.87. The molecule has 1 atom stereocenters. The summed E-state index contributed by atoms with van der Waals surface area (Å²) in [5.41, 5.74) is 0.978. The van der Waals surface area contributed by atoms with Crippen LogP contribution in [0.1, 0.15) is 32.4 Å². The lowest BCUT2D eigenvalue weighted by Gasteiger charge is -2.17. The van der Waals surface area contributed by atoms with E-state index in [0.29, 0.717) is 19.0 Å². The van der Waals surface area contributed by atoms with Crippen LogP contribution in [0, 0.1) is 0 Å². The fraction of sp³-hybridized carbons (Fsp3) is 0.500. The number of hydrogen-bond donors (Lipinski definition) is 1. The molecule has 0 aliphatic carbocycles. The minimum atomic E-state index is -0.110. The van der Waals surface area contributed by atoms with E-state index in [1.165, 1.54) is 0 Å². The summed E-state index contributed by atoms with van der Waals surface area (Å²) in [6, 6.07) is 5.64. The van der Waals surface area contributed by atoms with E-state index in [-0.39, 0.29) is 11.9 Å². The molecule has 1 unspecified atom stereocenters. The summed E-state index contributed by atoms with van der Waals surface area (Å²) in [4.78, 5) is 13.9. The van der Waals surface area contributed by atoms with Crippen LogP contribution in [0.4, 0.5) is 0 Å². The van der Waals surface area contributed by atoms with E-state index in [0.717, 1.165) is 17.9 Å². The first kappa shape index (κ1) is 19.0. The maximum absolute atomic E-state index is 11.9. The third-order valence-electron chi connectivity index (χ3n) is 3.17. The van der Waals surface area contributed by atoms with Crippen LogP contribution in [0.5, 0.6) is 11.5 Å². The van der Waals surface area contributed by atoms with E-state index >= 15 is 0 Å². The number of benzene rings is 1. The molecule has 0 spiro atoms. The molecule has 0 saturated carbocycles. The van der Waals surface area contributed by atoms with Gasteiger partial charge >= 0.3 is 0 Å². The van der Waals surface area contributed by atoms with Gasteiger partial charge in [0, 0.05) is 12.6 Å². The highest BCUT2D eigenvalue weighted by Gasteiger charge is 2.12. The van der Waals surface area contributed by atoms with E-state index in [4.69, 9.17) is 9.47 Å². The topological polar surface area (TPSA) is 50.8 Å². The molecule has 0 fully saturated rings. The van der Waals surface area contributed by atoms with Gasteiger partial charge in [0.2, 0.25) is 5.91 Å². The summed E-state index contributed by atoms with van der Waals surface area (Å²) in [5, 5.41) is 2.95. The molecule has 0 saturated heterocycles. The van der Waals surface area contributed by atoms with Gasteiger partial charge in [0.05, 0.1) is 19.3 Å². The average Bonchev–Trinajstić information content (AvgIpc) is 2.49. The Bertz CT molecular complexity index is 527. The van der Waals surface area contributed by atoms with Crippen molar-refractivity contribution in [1.82, 2.24) is 10.2 Å². The largest absolute Gasteiger partial charge is 0.490 e. The third-order valence-corrected chi connectivity index (χ3v) is 3.17. The highest BCUT2D eigenvalue weighted by Crippen LogP contribution is 2.30. The number of likely N-dealkylation sites (N-methyl/N-ethyl adjacent to an activating group) is 1. The van der Waals surface area contributed by atoms with Crippen LogP contribution < -0.4 is 14.8 Å². The second-order valence-electron chi connectivity index (χ2n) is 5.47. The van der Waals surface area contributed by atoms with Gasteiger partial charge < -0.3 is 19.7 Å². The standard InChI is InChI=1S/C18H28N2O3/c1-6-22-16-11-10-15(13-17(16)23-7-2)14(3)19-18(21)9-8-12-20(4)5/h8-11,13-14H,6-7,12H2,1-5H3,(H,19,21)/b9-8+. The smallest absolute Gasteiger partial charge is 0.244 e. The number of nitrogens with zero attached hydrogens (tertiary/aromatic N) is 1. The number of carbonyl (C=O) groups is 1. The fourth-order valence-corrected chi connectivity index (χ4v) is 2.05. The van der Waals surface area contributed by atoms with Crippen LogP contribution in [0.25, 0.3) is 0 Å². The Morgan fingerprint density at radius 3 is 2.48 bits per heavy atom. The van der Waals surface area contributed by atoms with Gasteiger partial charge in [0.15, 0.2) is 11.5 Å². The second kappa shape index (κ2) is 9.90. The summed E-state index contributed by atoms with van der Waals surface area (Å²) >= 11 is 0. The molecule has 5 nitrogen and oxygen atoms in total. The minimum Gasteiger partial charge on any atom is -0.490 e. The molecule has 1 N–H and O–H groups in total. The molecule has 0 radical (unpaired) electrons. The molecular formula is C18H28N2O3. The molecule has 128 valence electrons. The van der Waals surface area contributed by atoms with E-state index in [2.05, 4.69) is 5.32 Å². The van der Waals surface area contributed by atoms with E-state index < -0.39 is 0 Å². The Morgan fingerprint density at radius 2 is 1.87 bits per heavy atom. The zero-order valence-corrected chi connectivity index (χ0v) is 14.8. The van der Waals surface area contributed by atoms with Crippen LogP contribution in [0.2, 0.25) is 0 Å². The van der Waals surface area contributed by atoms with Gasteiger partial charge in [-0.15, -0.1) is 0 Å². The Morgan fingerprint density at radius 1 is 1.22 bits per heavy atom. The Kier molecular flexibility index (Phi) is 8.19. The van der Waals surface area contributed by atoms with Gasteiger partial charge in [0.1, 0.15) is 0 Å². The number of ether oxygens (including phenoxy) is 2. The summed E-state index contributed by atoms with van der Waals surface area (Å²) in [5.74, 6) is 1.32. The van der Waals surface area contributed by atoms with Gasteiger partial charge in [-0.1, -0.05) is 12.1 Å².